The van der Waals surface area contributed by atoms with Crippen LogP contribution in [0.4, 0.5) is 11.9 Å². The highest BCUT2D eigenvalue weighted by Gasteiger charge is 2.29. The second-order valence-corrected chi connectivity index (χ2v) is 7.82. The summed E-state index contributed by atoms with van der Waals surface area (Å²) in [6.07, 6.45) is 8.14. The smallest absolute Gasteiger partial charge is 0.246 e. The Morgan fingerprint density at radius 1 is 1.28 bits per heavy atom. The summed E-state index contributed by atoms with van der Waals surface area (Å²) in [4.78, 5) is 39.0. The third kappa shape index (κ3) is 6.25. The van der Waals surface area contributed by atoms with E-state index in [1.165, 1.54) is 0 Å². The molecule has 0 bridgehead atoms. The van der Waals surface area contributed by atoms with E-state index < -0.39 is 5.92 Å². The molecule has 1 aromatic rings. The van der Waals surface area contributed by atoms with Gasteiger partial charge in [-0.25, -0.2) is 5.06 Å². The number of hydrazine groups is 1. The summed E-state index contributed by atoms with van der Waals surface area (Å²) in [6, 6.07) is 0. The molecule has 3 rings (SSSR count). The summed E-state index contributed by atoms with van der Waals surface area (Å²) in [5.41, 5.74) is 5.46. The van der Waals surface area contributed by atoms with Gasteiger partial charge >= 0.3 is 0 Å². The number of hydrogen-bond donors (Lipinski definition) is 3. The first-order chi connectivity index (χ1) is 14.1. The van der Waals surface area contributed by atoms with Crippen molar-refractivity contribution < 1.29 is 14.8 Å². The van der Waals surface area contributed by atoms with Crippen LogP contribution >= 0.6 is 0 Å². The number of amides is 2. The van der Waals surface area contributed by atoms with Crippen molar-refractivity contribution in [3.63, 3.8) is 0 Å². The normalized spacial score (nSPS) is 17.1. The second-order valence-electron chi connectivity index (χ2n) is 7.82. The molecule has 10 heteroatoms. The number of hydroxylamine groups is 2. The van der Waals surface area contributed by atoms with Gasteiger partial charge in [-0.2, -0.15) is 15.0 Å². The molecule has 0 spiro atoms. The van der Waals surface area contributed by atoms with Gasteiger partial charge in [0.05, 0.1) is 12.5 Å². The van der Waals surface area contributed by atoms with Crippen LogP contribution in [-0.4, -0.2) is 57.2 Å². The van der Waals surface area contributed by atoms with Crippen LogP contribution in [0.3, 0.4) is 0 Å². The van der Waals surface area contributed by atoms with Crippen LogP contribution in [0.5, 0.6) is 0 Å². The molecule has 1 aromatic heterocycles. The molecule has 29 heavy (non-hydrogen) atoms. The molecular formula is C19H31N7O3. The number of anilines is 2. The minimum atomic E-state index is -0.521. The Hall–Kier alpha value is -2.49. The van der Waals surface area contributed by atoms with Gasteiger partial charge in [0.25, 0.3) is 0 Å². The standard InChI is InChI=1S/C19H31N7O3/c1-2-3-4-7-15(12-26(29)13-27)17(28)23-24-18-20-16(14-8-9-14)21-19(22-18)25-10-5-6-11-25/h13-15,29H,2-12H2,1H3,(H,23,28)(H,20,21,22,24)/t15-/m0/s1. The lowest BCUT2D eigenvalue weighted by Gasteiger charge is -2.20. The van der Waals surface area contributed by atoms with Gasteiger partial charge in [0.2, 0.25) is 24.2 Å². The molecule has 2 amide bonds. The van der Waals surface area contributed by atoms with Crippen molar-refractivity contribution in [1.29, 1.82) is 0 Å². The summed E-state index contributed by atoms with van der Waals surface area (Å²) in [5.74, 6) is 1.28. The first-order valence-corrected chi connectivity index (χ1v) is 10.6. The van der Waals surface area contributed by atoms with Crippen LogP contribution in [0.1, 0.15) is 70.0 Å². The fourth-order valence-corrected chi connectivity index (χ4v) is 3.45. The van der Waals surface area contributed by atoms with Crippen LogP contribution in [0.15, 0.2) is 0 Å². The lowest BCUT2D eigenvalue weighted by atomic mass is 10.0. The Morgan fingerprint density at radius 3 is 2.69 bits per heavy atom. The average molecular weight is 406 g/mol. The molecule has 1 saturated carbocycles. The van der Waals surface area contributed by atoms with E-state index in [1.54, 1.807) is 0 Å². The zero-order valence-corrected chi connectivity index (χ0v) is 17.0. The SMILES string of the molecule is CCCCC[C@@H](CN(O)C=O)C(=O)NNc1nc(C2CC2)nc(N2CCCC2)n1. The zero-order valence-electron chi connectivity index (χ0n) is 17.0. The predicted molar refractivity (Wildman–Crippen MR) is 107 cm³/mol. The molecule has 1 aliphatic carbocycles. The molecule has 160 valence electrons. The van der Waals surface area contributed by atoms with Crippen LogP contribution < -0.4 is 15.8 Å². The van der Waals surface area contributed by atoms with Crippen molar-refractivity contribution in [3.8, 4) is 0 Å². The maximum atomic E-state index is 12.6. The van der Waals surface area contributed by atoms with Crippen LogP contribution in [-0.2, 0) is 9.59 Å². The molecule has 0 radical (unpaired) electrons. The van der Waals surface area contributed by atoms with E-state index in [4.69, 9.17) is 0 Å². The van der Waals surface area contributed by atoms with E-state index in [9.17, 15) is 14.8 Å². The van der Waals surface area contributed by atoms with E-state index in [-0.39, 0.29) is 12.5 Å². The number of carbonyl (C=O) groups excluding carboxylic acids is 2. The van der Waals surface area contributed by atoms with Gasteiger partial charge in [-0.3, -0.25) is 25.6 Å². The first kappa shape index (κ1) is 21.2. The van der Waals surface area contributed by atoms with E-state index in [0.717, 1.165) is 63.9 Å². The molecule has 0 aromatic carbocycles. The van der Waals surface area contributed by atoms with Gasteiger partial charge in [0.15, 0.2) is 0 Å². The summed E-state index contributed by atoms with van der Waals surface area (Å²) >= 11 is 0. The fourth-order valence-electron chi connectivity index (χ4n) is 3.45. The highest BCUT2D eigenvalue weighted by atomic mass is 16.5. The molecule has 10 nitrogen and oxygen atoms in total. The zero-order chi connectivity index (χ0) is 20.6. The van der Waals surface area contributed by atoms with Crippen LogP contribution in [0.2, 0.25) is 0 Å². The van der Waals surface area contributed by atoms with E-state index in [2.05, 4.69) is 37.6 Å². The van der Waals surface area contributed by atoms with E-state index in [0.29, 0.717) is 35.7 Å². The molecule has 0 unspecified atom stereocenters. The van der Waals surface area contributed by atoms with Crippen LogP contribution in [0.25, 0.3) is 0 Å². The van der Waals surface area contributed by atoms with Crippen molar-refractivity contribution in [2.75, 3.05) is 30.0 Å². The number of nitrogens with one attached hydrogen (secondary N) is 2. The number of aromatic nitrogens is 3. The molecule has 3 N–H and O–H groups in total. The molecule has 2 fully saturated rings. The Labute approximate surface area is 171 Å². The molecule has 2 aliphatic rings. The molecular weight excluding hydrogens is 374 g/mol. The van der Waals surface area contributed by atoms with Gasteiger partial charge in [0.1, 0.15) is 5.82 Å². The Bertz CT molecular complexity index is 692. The number of hydrogen-bond acceptors (Lipinski definition) is 8. The lowest BCUT2D eigenvalue weighted by molar-refractivity contribution is -0.154. The predicted octanol–water partition coefficient (Wildman–Crippen LogP) is 1.84. The number of unbranched alkanes of at least 4 members (excludes halogenated alkanes) is 2. The summed E-state index contributed by atoms with van der Waals surface area (Å²) in [5, 5.41) is 10.0. The molecule has 1 atom stereocenters. The lowest BCUT2D eigenvalue weighted by Crippen LogP contribution is -2.40. The van der Waals surface area contributed by atoms with Crippen molar-refractivity contribution in [2.24, 2.45) is 5.92 Å². The van der Waals surface area contributed by atoms with E-state index in [1.807, 2.05) is 0 Å². The van der Waals surface area contributed by atoms with Crippen molar-refractivity contribution in [2.45, 2.75) is 64.2 Å². The fraction of sp³-hybridized carbons (Fsp3) is 0.737. The number of nitrogens with zero attached hydrogens (tertiary/aromatic N) is 5. The van der Waals surface area contributed by atoms with Gasteiger partial charge in [-0.05, 0) is 32.1 Å². The molecule has 2 heterocycles. The summed E-state index contributed by atoms with van der Waals surface area (Å²) in [7, 11) is 0. The van der Waals surface area contributed by atoms with Gasteiger partial charge < -0.3 is 4.90 Å². The maximum absolute atomic E-state index is 12.6. The van der Waals surface area contributed by atoms with Crippen molar-refractivity contribution in [1.82, 2.24) is 25.4 Å². The average Bonchev–Trinajstić information content (AvgIpc) is 3.45. The largest absolute Gasteiger partial charge is 0.341 e. The first-order valence-electron chi connectivity index (χ1n) is 10.6. The van der Waals surface area contributed by atoms with Gasteiger partial charge in [-0.1, -0.05) is 26.2 Å². The minimum absolute atomic E-state index is 0.0513. The highest BCUT2D eigenvalue weighted by molar-refractivity contribution is 5.80. The third-order valence-corrected chi connectivity index (χ3v) is 5.33. The van der Waals surface area contributed by atoms with Crippen molar-refractivity contribution in [3.05, 3.63) is 5.82 Å². The second kappa shape index (κ2) is 10.3. The molecule has 1 aliphatic heterocycles. The van der Waals surface area contributed by atoms with Gasteiger partial charge in [-0.15, -0.1) is 0 Å². The number of rotatable bonds is 12. The van der Waals surface area contributed by atoms with Crippen molar-refractivity contribution >= 4 is 24.2 Å². The van der Waals surface area contributed by atoms with Gasteiger partial charge in [0, 0.05) is 19.0 Å². The monoisotopic (exact) mass is 405 g/mol. The number of carbonyl (C=O) groups is 2. The molecule has 1 saturated heterocycles. The minimum Gasteiger partial charge on any atom is -0.341 e. The highest BCUT2D eigenvalue weighted by Crippen LogP contribution is 2.38. The Morgan fingerprint density at radius 2 is 2.03 bits per heavy atom. The maximum Gasteiger partial charge on any atom is 0.246 e. The Balaban J connectivity index is 1.64. The third-order valence-electron chi connectivity index (χ3n) is 5.33. The summed E-state index contributed by atoms with van der Waals surface area (Å²) in [6.45, 7) is 3.88. The van der Waals surface area contributed by atoms with Crippen LogP contribution in [0, 0.1) is 5.92 Å². The van der Waals surface area contributed by atoms with E-state index >= 15 is 0 Å². The summed E-state index contributed by atoms with van der Waals surface area (Å²) < 4.78 is 0. The quantitative estimate of drug-likeness (QED) is 0.208. The topological polar surface area (TPSA) is 124 Å². The Kier molecular flexibility index (Phi) is 7.56.